The molecule has 0 rings (SSSR count). The number of ether oxygens (including phenoxy) is 1. The van der Waals surface area contributed by atoms with E-state index in [-0.39, 0.29) is 25.1 Å². The number of hydrogen-bond donors (Lipinski definition) is 0. The Morgan fingerprint density at radius 3 is 1.75 bits per heavy atom. The van der Waals surface area contributed by atoms with Crippen molar-refractivity contribution < 1.29 is 38.6 Å². The third kappa shape index (κ3) is 4.91. The van der Waals surface area contributed by atoms with Crippen LogP contribution >= 0.6 is 0 Å². The molecule has 5 heteroatoms. The van der Waals surface area contributed by atoms with Gasteiger partial charge in [-0.05, 0) is 6.92 Å². The fraction of sp³-hybridized carbons (Fsp3) is 0.286. The zero-order valence-corrected chi connectivity index (χ0v) is 10.0. The Kier molecular flexibility index (Phi) is 6.62. The number of carbonyl (C=O) groups excluding carboxylic acids is 3. The van der Waals surface area contributed by atoms with Crippen molar-refractivity contribution in [3.05, 3.63) is 12.2 Å². The van der Waals surface area contributed by atoms with Crippen LogP contribution in [0.1, 0.15) is 13.8 Å². The van der Waals surface area contributed by atoms with Crippen molar-refractivity contribution in [1.82, 2.24) is 0 Å². The molecule has 0 unspecified atom stereocenters. The van der Waals surface area contributed by atoms with Gasteiger partial charge >= 0.3 is 11.9 Å². The van der Waals surface area contributed by atoms with E-state index in [9.17, 15) is 14.4 Å². The number of rotatable bonds is 2. The summed E-state index contributed by atoms with van der Waals surface area (Å²) in [5.41, 5.74) is 0.0830. The number of hydrogen-bond acceptors (Lipinski definition) is 4. The van der Waals surface area contributed by atoms with Gasteiger partial charge in [-0.2, -0.15) is 0 Å². The fourth-order valence-corrected chi connectivity index (χ4v) is 0.243. The molecule has 0 bridgehead atoms. The van der Waals surface area contributed by atoms with Crippen molar-refractivity contribution >= 4 is 17.7 Å². The summed E-state index contributed by atoms with van der Waals surface area (Å²) in [7, 11) is 0. The molecule has 0 heterocycles. The van der Waals surface area contributed by atoms with E-state index in [0.717, 1.165) is 6.92 Å². The molecule has 62 valence electrons. The van der Waals surface area contributed by atoms with Gasteiger partial charge in [0.2, 0.25) is 5.78 Å². The van der Waals surface area contributed by atoms with Gasteiger partial charge in [0.25, 0.3) is 0 Å². The first kappa shape index (κ1) is 13.7. The van der Waals surface area contributed by atoms with E-state index in [1.54, 1.807) is 0 Å². The molecule has 0 aliphatic rings. The number of carbonyl (C=O) groups is 3. The Hall–Kier alpha value is -0.827. The Bertz CT molecular complexity index is 208. The Morgan fingerprint density at radius 1 is 1.08 bits per heavy atom. The average molecular weight is 222 g/mol. The molecule has 0 aromatic heterocycles. The van der Waals surface area contributed by atoms with Gasteiger partial charge in [-0.3, -0.25) is 4.79 Å². The van der Waals surface area contributed by atoms with Crippen LogP contribution < -0.4 is 0 Å². The number of Topliss-reactive ketones (excluding diaryl/α,β-unsaturated/α-hetero) is 1. The van der Waals surface area contributed by atoms with Crippen LogP contribution in [-0.4, -0.2) is 17.7 Å². The molecule has 12 heavy (non-hydrogen) atoms. The molecule has 0 aliphatic heterocycles. The summed E-state index contributed by atoms with van der Waals surface area (Å²) in [5.74, 6) is -2.83. The van der Waals surface area contributed by atoms with Crippen LogP contribution in [-0.2, 0) is 38.6 Å². The zero-order chi connectivity index (χ0) is 9.02. The van der Waals surface area contributed by atoms with E-state index in [1.165, 1.54) is 6.92 Å². The second-order valence-corrected chi connectivity index (χ2v) is 2.01. The summed E-state index contributed by atoms with van der Waals surface area (Å²) in [6, 6.07) is 0. The third-order valence-electron chi connectivity index (χ3n) is 0.821. The van der Waals surface area contributed by atoms with Gasteiger partial charge in [0, 0.05) is 32.0 Å². The van der Waals surface area contributed by atoms with Crippen molar-refractivity contribution in [2.45, 2.75) is 13.8 Å². The number of ketones is 1. The van der Waals surface area contributed by atoms with Crippen molar-refractivity contribution in [1.29, 1.82) is 0 Å². The number of esters is 2. The smallest absolute Gasteiger partial charge is 0.382 e. The second-order valence-electron chi connectivity index (χ2n) is 2.01. The van der Waals surface area contributed by atoms with E-state index < -0.39 is 17.7 Å². The van der Waals surface area contributed by atoms with E-state index in [4.69, 9.17) is 0 Å². The van der Waals surface area contributed by atoms with Gasteiger partial charge in [-0.1, -0.05) is 6.58 Å². The molecule has 4 nitrogen and oxygen atoms in total. The Morgan fingerprint density at radius 2 is 1.50 bits per heavy atom. The standard InChI is InChI=1S/C7H8O4.Zn/c1-4(2)6(9)11-7(10)5(3)8;/h1H2,2-3H3;. The monoisotopic (exact) mass is 220 g/mol. The SMILES string of the molecule is C=C(C)C(=O)OC(=O)C(C)=O.[Zn]. The van der Waals surface area contributed by atoms with Crippen LogP contribution in [0.2, 0.25) is 0 Å². The maximum absolute atomic E-state index is 10.6. The first-order valence-electron chi connectivity index (χ1n) is 2.87. The van der Waals surface area contributed by atoms with Crippen molar-refractivity contribution in [3.63, 3.8) is 0 Å². The van der Waals surface area contributed by atoms with Crippen LogP contribution in [0.3, 0.4) is 0 Å². The van der Waals surface area contributed by atoms with Crippen LogP contribution in [0.4, 0.5) is 0 Å². The molecule has 0 radical (unpaired) electrons. The van der Waals surface area contributed by atoms with Gasteiger partial charge < -0.3 is 4.74 Å². The predicted octanol–water partition coefficient (Wildman–Crippen LogP) is 0.219. The minimum atomic E-state index is -1.15. The minimum absolute atomic E-state index is 0. The summed E-state index contributed by atoms with van der Waals surface area (Å²) in [5, 5.41) is 0. The van der Waals surface area contributed by atoms with E-state index in [1.807, 2.05) is 0 Å². The van der Waals surface area contributed by atoms with Crippen LogP contribution in [0.25, 0.3) is 0 Å². The molecule has 0 aromatic carbocycles. The predicted molar refractivity (Wildman–Crippen MR) is 36.6 cm³/mol. The average Bonchev–Trinajstić information content (AvgIpc) is 1.87. The third-order valence-corrected chi connectivity index (χ3v) is 0.821. The molecule has 0 aliphatic carbocycles. The van der Waals surface area contributed by atoms with Crippen molar-refractivity contribution in [2.24, 2.45) is 0 Å². The van der Waals surface area contributed by atoms with Crippen LogP contribution in [0, 0.1) is 0 Å². The van der Waals surface area contributed by atoms with Crippen LogP contribution in [0.5, 0.6) is 0 Å². The van der Waals surface area contributed by atoms with Gasteiger partial charge in [-0.15, -0.1) is 0 Å². The van der Waals surface area contributed by atoms with Gasteiger partial charge in [0.05, 0.1) is 0 Å². The maximum atomic E-state index is 10.6. The van der Waals surface area contributed by atoms with E-state index >= 15 is 0 Å². The fourth-order valence-electron chi connectivity index (χ4n) is 0.243. The first-order chi connectivity index (χ1) is 4.95. The summed E-state index contributed by atoms with van der Waals surface area (Å²) in [6.45, 7) is 5.64. The summed E-state index contributed by atoms with van der Waals surface area (Å²) in [4.78, 5) is 31.2. The molecule has 0 amide bonds. The normalized spacial score (nSPS) is 7.83. The van der Waals surface area contributed by atoms with E-state index in [2.05, 4.69) is 11.3 Å². The summed E-state index contributed by atoms with van der Waals surface area (Å²) >= 11 is 0. The topological polar surface area (TPSA) is 60.4 Å². The minimum Gasteiger partial charge on any atom is -0.384 e. The van der Waals surface area contributed by atoms with Gasteiger partial charge in [0.15, 0.2) is 0 Å². The zero-order valence-electron chi connectivity index (χ0n) is 7.05. The maximum Gasteiger partial charge on any atom is 0.382 e. The first-order valence-corrected chi connectivity index (χ1v) is 2.87. The van der Waals surface area contributed by atoms with E-state index in [0.29, 0.717) is 0 Å². The molecule has 0 spiro atoms. The quantitative estimate of drug-likeness (QED) is 0.220. The Balaban J connectivity index is 0. The molecule has 0 saturated heterocycles. The summed E-state index contributed by atoms with van der Waals surface area (Å²) in [6.07, 6.45) is 0. The largest absolute Gasteiger partial charge is 0.384 e. The Labute approximate surface area is 82.7 Å². The van der Waals surface area contributed by atoms with Gasteiger partial charge in [0.1, 0.15) is 0 Å². The second kappa shape index (κ2) is 5.78. The molecular formula is C7H8O4Zn. The molecule has 0 N–H and O–H groups in total. The van der Waals surface area contributed by atoms with Crippen molar-refractivity contribution in [2.75, 3.05) is 0 Å². The molecular weight excluding hydrogens is 213 g/mol. The molecule has 0 saturated carbocycles. The molecule has 0 aromatic rings. The summed E-state index contributed by atoms with van der Waals surface area (Å²) < 4.78 is 4.05. The van der Waals surface area contributed by atoms with Crippen molar-refractivity contribution in [3.8, 4) is 0 Å². The molecule has 0 fully saturated rings. The molecule has 0 atom stereocenters. The van der Waals surface area contributed by atoms with Crippen LogP contribution in [0.15, 0.2) is 12.2 Å². The van der Waals surface area contributed by atoms with Gasteiger partial charge in [-0.25, -0.2) is 9.59 Å².